The standard InChI is InChI=1S/C11H18ClNO3/c1-11(2,3)16-10(14)13-6-7(12)9-8(13)4-5-15-9/h7-9H,4-6H2,1-3H3/t7-,8-,9-/m1/s1. The van der Waals surface area contributed by atoms with Crippen molar-refractivity contribution in [2.45, 2.75) is 50.3 Å². The Hall–Kier alpha value is -0.480. The van der Waals surface area contributed by atoms with Crippen molar-refractivity contribution in [3.05, 3.63) is 0 Å². The molecular weight excluding hydrogens is 230 g/mol. The molecule has 2 heterocycles. The Kier molecular flexibility index (Phi) is 3.05. The van der Waals surface area contributed by atoms with Crippen LogP contribution in [0.15, 0.2) is 0 Å². The van der Waals surface area contributed by atoms with Crippen LogP contribution in [-0.2, 0) is 9.47 Å². The molecule has 0 unspecified atom stereocenters. The molecule has 3 atom stereocenters. The number of alkyl halides is 1. The molecule has 0 aliphatic carbocycles. The number of fused-ring (bicyclic) bond motifs is 1. The van der Waals surface area contributed by atoms with Crippen LogP contribution in [0.25, 0.3) is 0 Å². The quantitative estimate of drug-likeness (QED) is 0.615. The highest BCUT2D eigenvalue weighted by atomic mass is 35.5. The zero-order valence-corrected chi connectivity index (χ0v) is 10.7. The van der Waals surface area contributed by atoms with Crippen LogP contribution in [0.3, 0.4) is 0 Å². The Labute approximate surface area is 101 Å². The van der Waals surface area contributed by atoms with Crippen LogP contribution < -0.4 is 0 Å². The first-order valence-corrected chi connectivity index (χ1v) is 6.07. The van der Waals surface area contributed by atoms with Gasteiger partial charge in [-0.3, -0.25) is 0 Å². The number of carbonyl (C=O) groups is 1. The number of rotatable bonds is 0. The zero-order chi connectivity index (χ0) is 11.9. The summed E-state index contributed by atoms with van der Waals surface area (Å²) in [5, 5.41) is -0.111. The molecule has 92 valence electrons. The molecule has 2 rings (SSSR count). The molecular formula is C11H18ClNO3. The average molecular weight is 248 g/mol. The van der Waals surface area contributed by atoms with Gasteiger partial charge >= 0.3 is 6.09 Å². The van der Waals surface area contributed by atoms with Gasteiger partial charge in [-0.2, -0.15) is 0 Å². The SMILES string of the molecule is CC(C)(C)OC(=O)N1C[C@@H](Cl)[C@H]2OCC[C@H]21. The van der Waals surface area contributed by atoms with Crippen LogP contribution in [0.4, 0.5) is 4.79 Å². The van der Waals surface area contributed by atoms with Crippen LogP contribution in [-0.4, -0.2) is 47.3 Å². The second-order valence-electron chi connectivity index (χ2n) is 5.34. The smallest absolute Gasteiger partial charge is 0.410 e. The van der Waals surface area contributed by atoms with Gasteiger partial charge in [0.25, 0.3) is 0 Å². The lowest BCUT2D eigenvalue weighted by Gasteiger charge is -2.27. The van der Waals surface area contributed by atoms with Gasteiger partial charge in [-0.25, -0.2) is 4.79 Å². The van der Waals surface area contributed by atoms with Crippen molar-refractivity contribution in [2.24, 2.45) is 0 Å². The molecule has 2 aliphatic rings. The van der Waals surface area contributed by atoms with E-state index in [0.29, 0.717) is 13.2 Å². The second-order valence-corrected chi connectivity index (χ2v) is 5.90. The summed E-state index contributed by atoms with van der Waals surface area (Å²) in [6.45, 7) is 6.79. The number of ether oxygens (including phenoxy) is 2. The summed E-state index contributed by atoms with van der Waals surface area (Å²) in [5.74, 6) is 0. The fraction of sp³-hybridized carbons (Fsp3) is 0.909. The lowest BCUT2D eigenvalue weighted by molar-refractivity contribution is 0.0208. The molecule has 0 bridgehead atoms. The van der Waals surface area contributed by atoms with Crippen molar-refractivity contribution in [3.8, 4) is 0 Å². The van der Waals surface area contributed by atoms with Crippen LogP contribution >= 0.6 is 11.6 Å². The molecule has 0 aromatic carbocycles. The van der Waals surface area contributed by atoms with E-state index >= 15 is 0 Å². The van der Waals surface area contributed by atoms with E-state index in [-0.39, 0.29) is 23.6 Å². The molecule has 0 aromatic heterocycles. The Bertz CT molecular complexity index is 289. The van der Waals surface area contributed by atoms with Gasteiger partial charge in [-0.05, 0) is 27.2 Å². The minimum Gasteiger partial charge on any atom is -0.444 e. The Balaban J connectivity index is 2.02. The van der Waals surface area contributed by atoms with Crippen LogP contribution in [0, 0.1) is 0 Å². The number of nitrogens with zero attached hydrogens (tertiary/aromatic N) is 1. The van der Waals surface area contributed by atoms with Gasteiger partial charge in [0.15, 0.2) is 0 Å². The normalized spacial score (nSPS) is 34.0. The molecule has 2 aliphatic heterocycles. The number of amides is 1. The van der Waals surface area contributed by atoms with Gasteiger partial charge in [-0.15, -0.1) is 11.6 Å². The van der Waals surface area contributed by atoms with E-state index in [1.54, 1.807) is 4.90 Å². The Morgan fingerprint density at radius 1 is 1.50 bits per heavy atom. The van der Waals surface area contributed by atoms with E-state index in [2.05, 4.69) is 0 Å². The second kappa shape index (κ2) is 4.08. The van der Waals surface area contributed by atoms with E-state index in [1.165, 1.54) is 0 Å². The van der Waals surface area contributed by atoms with Crippen molar-refractivity contribution in [3.63, 3.8) is 0 Å². The fourth-order valence-electron chi connectivity index (χ4n) is 2.24. The van der Waals surface area contributed by atoms with Gasteiger partial charge in [0.05, 0.1) is 17.5 Å². The van der Waals surface area contributed by atoms with E-state index in [9.17, 15) is 4.79 Å². The summed E-state index contributed by atoms with van der Waals surface area (Å²) < 4.78 is 10.9. The van der Waals surface area contributed by atoms with Crippen molar-refractivity contribution >= 4 is 17.7 Å². The molecule has 0 radical (unpaired) electrons. The lowest BCUT2D eigenvalue weighted by Crippen LogP contribution is -2.41. The van der Waals surface area contributed by atoms with Gasteiger partial charge in [-0.1, -0.05) is 0 Å². The van der Waals surface area contributed by atoms with Gasteiger partial charge in [0.2, 0.25) is 0 Å². The van der Waals surface area contributed by atoms with Gasteiger partial charge in [0.1, 0.15) is 5.60 Å². The number of halogens is 1. The molecule has 2 fully saturated rings. The summed E-state index contributed by atoms with van der Waals surface area (Å²) in [7, 11) is 0. The monoisotopic (exact) mass is 247 g/mol. The number of hydrogen-bond acceptors (Lipinski definition) is 3. The summed E-state index contributed by atoms with van der Waals surface area (Å²) in [4.78, 5) is 13.6. The third kappa shape index (κ3) is 2.28. The third-order valence-electron chi connectivity index (χ3n) is 2.86. The molecule has 2 saturated heterocycles. The van der Waals surface area contributed by atoms with Crippen LogP contribution in [0.5, 0.6) is 0 Å². The highest BCUT2D eigenvalue weighted by Crippen LogP contribution is 2.33. The summed E-state index contributed by atoms with van der Waals surface area (Å²) in [5.41, 5.74) is -0.462. The topological polar surface area (TPSA) is 38.8 Å². The van der Waals surface area contributed by atoms with Gasteiger partial charge in [0, 0.05) is 13.2 Å². The highest BCUT2D eigenvalue weighted by Gasteiger charge is 2.47. The maximum atomic E-state index is 11.9. The highest BCUT2D eigenvalue weighted by molar-refractivity contribution is 6.21. The number of carbonyl (C=O) groups excluding carboxylic acids is 1. The first-order valence-electron chi connectivity index (χ1n) is 5.64. The Morgan fingerprint density at radius 3 is 2.81 bits per heavy atom. The summed E-state index contributed by atoms with van der Waals surface area (Å²) in [6, 6.07) is 0.0948. The fourth-order valence-corrected chi connectivity index (χ4v) is 2.63. The molecule has 0 N–H and O–H groups in total. The number of hydrogen-bond donors (Lipinski definition) is 0. The molecule has 1 amide bonds. The maximum Gasteiger partial charge on any atom is 0.410 e. The molecule has 4 nitrogen and oxygen atoms in total. The molecule has 0 spiro atoms. The maximum absolute atomic E-state index is 11.9. The third-order valence-corrected chi connectivity index (χ3v) is 3.25. The largest absolute Gasteiger partial charge is 0.444 e. The summed E-state index contributed by atoms with van der Waals surface area (Å²) in [6.07, 6.45) is 0.554. The minimum absolute atomic E-state index is 0.0193. The summed E-state index contributed by atoms with van der Waals surface area (Å²) >= 11 is 6.15. The predicted molar refractivity (Wildman–Crippen MR) is 60.7 cm³/mol. The van der Waals surface area contributed by atoms with Crippen molar-refractivity contribution in [1.29, 1.82) is 0 Å². The van der Waals surface area contributed by atoms with E-state index < -0.39 is 5.60 Å². The molecule has 0 aromatic rings. The number of likely N-dealkylation sites (tertiary alicyclic amines) is 1. The molecule has 5 heteroatoms. The van der Waals surface area contributed by atoms with Crippen molar-refractivity contribution in [1.82, 2.24) is 4.90 Å². The van der Waals surface area contributed by atoms with Crippen molar-refractivity contribution in [2.75, 3.05) is 13.2 Å². The first kappa shape index (κ1) is 12.0. The average Bonchev–Trinajstić information content (AvgIpc) is 2.66. The zero-order valence-electron chi connectivity index (χ0n) is 9.90. The first-order chi connectivity index (χ1) is 7.38. The van der Waals surface area contributed by atoms with Crippen LogP contribution in [0.1, 0.15) is 27.2 Å². The molecule has 16 heavy (non-hydrogen) atoms. The molecule has 0 saturated carbocycles. The predicted octanol–water partition coefficient (Wildman–Crippen LogP) is 2.00. The Morgan fingerprint density at radius 2 is 2.19 bits per heavy atom. The van der Waals surface area contributed by atoms with E-state index in [0.717, 1.165) is 6.42 Å². The van der Waals surface area contributed by atoms with E-state index in [1.807, 2.05) is 20.8 Å². The van der Waals surface area contributed by atoms with E-state index in [4.69, 9.17) is 21.1 Å². The van der Waals surface area contributed by atoms with Gasteiger partial charge < -0.3 is 14.4 Å². The van der Waals surface area contributed by atoms with Crippen LogP contribution in [0.2, 0.25) is 0 Å². The lowest BCUT2D eigenvalue weighted by atomic mass is 10.1. The van der Waals surface area contributed by atoms with Crippen molar-refractivity contribution < 1.29 is 14.3 Å². The minimum atomic E-state index is -0.462.